The van der Waals surface area contributed by atoms with E-state index in [1.165, 1.54) is 5.69 Å². The third-order valence-electron chi connectivity index (χ3n) is 2.09. The molecule has 12 heavy (non-hydrogen) atoms. The van der Waals surface area contributed by atoms with Gasteiger partial charge in [-0.3, -0.25) is 0 Å². The molecule has 0 N–H and O–H groups in total. The highest BCUT2D eigenvalue weighted by molar-refractivity contribution is 5.51. The number of hydrogen-bond acceptors (Lipinski definition) is 2. The lowest BCUT2D eigenvalue weighted by atomic mass is 10.3. The summed E-state index contributed by atoms with van der Waals surface area (Å²) in [6, 6.07) is 4.16. The van der Waals surface area contributed by atoms with Crippen molar-refractivity contribution in [3.05, 3.63) is 29.8 Å². The summed E-state index contributed by atoms with van der Waals surface area (Å²) < 4.78 is 1.95. The lowest BCUT2D eigenvalue weighted by Crippen LogP contribution is -1.98. The van der Waals surface area contributed by atoms with Crippen LogP contribution in [0.2, 0.25) is 0 Å². The van der Waals surface area contributed by atoms with Crippen LogP contribution < -0.4 is 0 Å². The molecule has 2 aromatic rings. The van der Waals surface area contributed by atoms with Gasteiger partial charge in [0, 0.05) is 5.69 Å². The topological polar surface area (TPSA) is 30.2 Å². The average Bonchev–Trinajstić information content (AvgIpc) is 2.49. The number of fused-ring (bicyclic) bond motifs is 1. The van der Waals surface area contributed by atoms with E-state index in [1.54, 1.807) is 6.33 Å². The summed E-state index contributed by atoms with van der Waals surface area (Å²) in [7, 11) is 0. The summed E-state index contributed by atoms with van der Waals surface area (Å²) >= 11 is 0. The lowest BCUT2D eigenvalue weighted by molar-refractivity contribution is 0.828. The number of rotatable bonds is 1. The van der Waals surface area contributed by atoms with Gasteiger partial charge in [-0.25, -0.2) is 9.50 Å². The third-order valence-corrected chi connectivity index (χ3v) is 2.09. The van der Waals surface area contributed by atoms with E-state index in [0.717, 1.165) is 17.6 Å². The molecule has 0 aromatic carbocycles. The quantitative estimate of drug-likeness (QED) is 0.636. The fraction of sp³-hybridized carbons (Fsp3) is 0.333. The molecule has 0 bridgehead atoms. The van der Waals surface area contributed by atoms with Gasteiger partial charge < -0.3 is 0 Å². The zero-order chi connectivity index (χ0) is 8.55. The van der Waals surface area contributed by atoms with Gasteiger partial charge in [-0.2, -0.15) is 5.10 Å². The van der Waals surface area contributed by atoms with Crippen LogP contribution in [0.15, 0.2) is 18.5 Å². The van der Waals surface area contributed by atoms with Crippen LogP contribution in [0.25, 0.3) is 5.52 Å². The molecule has 0 amide bonds. The first-order chi connectivity index (χ1) is 5.83. The Labute approximate surface area is 71.1 Å². The Balaban J connectivity index is 2.80. The summed E-state index contributed by atoms with van der Waals surface area (Å²) in [5, 5.41) is 4.18. The monoisotopic (exact) mass is 161 g/mol. The highest BCUT2D eigenvalue weighted by Gasteiger charge is 2.02. The van der Waals surface area contributed by atoms with Gasteiger partial charge in [0.05, 0.1) is 11.2 Å². The largest absolute Gasteiger partial charge is 0.238 e. The van der Waals surface area contributed by atoms with Crippen molar-refractivity contribution in [2.75, 3.05) is 0 Å². The molecular formula is C9H11N3. The summed E-state index contributed by atoms with van der Waals surface area (Å²) in [6.45, 7) is 4.12. The fourth-order valence-corrected chi connectivity index (χ4v) is 1.38. The van der Waals surface area contributed by atoms with Gasteiger partial charge in [0.1, 0.15) is 6.33 Å². The van der Waals surface area contributed by atoms with Crippen LogP contribution >= 0.6 is 0 Å². The van der Waals surface area contributed by atoms with Crippen molar-refractivity contribution in [2.45, 2.75) is 20.3 Å². The maximum Gasteiger partial charge on any atom is 0.136 e. The van der Waals surface area contributed by atoms with Gasteiger partial charge in [-0.1, -0.05) is 6.92 Å². The minimum atomic E-state index is 1.00. The second kappa shape index (κ2) is 2.59. The summed E-state index contributed by atoms with van der Waals surface area (Å²) in [5.41, 5.74) is 3.37. The molecule has 0 aliphatic carbocycles. The smallest absolute Gasteiger partial charge is 0.136 e. The maximum atomic E-state index is 4.18. The first-order valence-electron chi connectivity index (χ1n) is 4.11. The first kappa shape index (κ1) is 7.28. The standard InChI is InChI=1S/C9H11N3/c1-3-8-4-5-9-7(2)10-6-11-12(8)9/h4-6H,3H2,1-2H3. The van der Waals surface area contributed by atoms with Crippen molar-refractivity contribution in [2.24, 2.45) is 0 Å². The van der Waals surface area contributed by atoms with Crippen molar-refractivity contribution in [1.29, 1.82) is 0 Å². The van der Waals surface area contributed by atoms with Crippen LogP contribution in [0, 0.1) is 6.92 Å². The number of aryl methyl sites for hydroxylation is 2. The highest BCUT2D eigenvalue weighted by Crippen LogP contribution is 2.10. The number of aromatic nitrogens is 3. The van der Waals surface area contributed by atoms with Gasteiger partial charge in [0.15, 0.2) is 0 Å². The molecule has 3 nitrogen and oxygen atoms in total. The Bertz CT molecular complexity index is 403. The zero-order valence-electron chi connectivity index (χ0n) is 7.28. The lowest BCUT2D eigenvalue weighted by Gasteiger charge is -1.98. The van der Waals surface area contributed by atoms with Crippen molar-refractivity contribution < 1.29 is 0 Å². The van der Waals surface area contributed by atoms with Gasteiger partial charge in [0.2, 0.25) is 0 Å². The van der Waals surface area contributed by atoms with Crippen molar-refractivity contribution in [1.82, 2.24) is 14.6 Å². The van der Waals surface area contributed by atoms with Crippen LogP contribution in [0.3, 0.4) is 0 Å². The van der Waals surface area contributed by atoms with Crippen LogP contribution in [-0.2, 0) is 6.42 Å². The van der Waals surface area contributed by atoms with Crippen LogP contribution in [-0.4, -0.2) is 14.6 Å². The second-order valence-corrected chi connectivity index (χ2v) is 2.82. The van der Waals surface area contributed by atoms with Crippen LogP contribution in [0.4, 0.5) is 0 Å². The molecule has 0 radical (unpaired) electrons. The first-order valence-corrected chi connectivity index (χ1v) is 4.11. The molecule has 0 spiro atoms. The van der Waals surface area contributed by atoms with E-state index in [2.05, 4.69) is 29.1 Å². The molecule has 0 aliphatic rings. The van der Waals surface area contributed by atoms with Gasteiger partial charge in [0.25, 0.3) is 0 Å². The van der Waals surface area contributed by atoms with E-state index >= 15 is 0 Å². The van der Waals surface area contributed by atoms with E-state index in [0.29, 0.717) is 0 Å². The minimum absolute atomic E-state index is 1.00. The molecule has 62 valence electrons. The SMILES string of the molecule is CCc1ccc2c(C)ncnn12. The zero-order valence-corrected chi connectivity index (χ0v) is 7.28. The number of nitrogens with zero attached hydrogens (tertiary/aromatic N) is 3. The van der Waals surface area contributed by atoms with E-state index in [4.69, 9.17) is 0 Å². The van der Waals surface area contributed by atoms with Gasteiger partial charge in [-0.05, 0) is 25.5 Å². The van der Waals surface area contributed by atoms with Crippen molar-refractivity contribution >= 4 is 5.52 Å². The Hall–Kier alpha value is -1.38. The predicted octanol–water partition coefficient (Wildman–Crippen LogP) is 1.60. The predicted molar refractivity (Wildman–Crippen MR) is 47.1 cm³/mol. The number of hydrogen-bond donors (Lipinski definition) is 0. The highest BCUT2D eigenvalue weighted by atomic mass is 15.2. The maximum absolute atomic E-state index is 4.18. The molecular weight excluding hydrogens is 150 g/mol. The molecule has 0 saturated carbocycles. The van der Waals surface area contributed by atoms with Crippen molar-refractivity contribution in [3.63, 3.8) is 0 Å². The molecule has 2 rings (SSSR count). The molecule has 2 aromatic heterocycles. The average molecular weight is 161 g/mol. The summed E-state index contributed by atoms with van der Waals surface area (Å²) in [4.78, 5) is 4.12. The molecule has 3 heteroatoms. The normalized spacial score (nSPS) is 10.8. The Morgan fingerprint density at radius 2 is 2.25 bits per heavy atom. The van der Waals surface area contributed by atoms with E-state index in [1.807, 2.05) is 11.4 Å². The summed E-state index contributed by atoms with van der Waals surface area (Å²) in [5.74, 6) is 0. The van der Waals surface area contributed by atoms with Gasteiger partial charge >= 0.3 is 0 Å². The molecule has 2 heterocycles. The van der Waals surface area contributed by atoms with E-state index in [9.17, 15) is 0 Å². The van der Waals surface area contributed by atoms with E-state index in [-0.39, 0.29) is 0 Å². The molecule has 0 saturated heterocycles. The molecule has 0 unspecified atom stereocenters. The summed E-state index contributed by atoms with van der Waals surface area (Å²) in [6.07, 6.45) is 2.60. The van der Waals surface area contributed by atoms with Gasteiger partial charge in [-0.15, -0.1) is 0 Å². The molecule has 0 aliphatic heterocycles. The van der Waals surface area contributed by atoms with E-state index < -0.39 is 0 Å². The molecule has 0 atom stereocenters. The second-order valence-electron chi connectivity index (χ2n) is 2.82. The minimum Gasteiger partial charge on any atom is -0.238 e. The van der Waals surface area contributed by atoms with Crippen LogP contribution in [0.5, 0.6) is 0 Å². The molecule has 0 fully saturated rings. The Morgan fingerprint density at radius 1 is 1.42 bits per heavy atom. The van der Waals surface area contributed by atoms with Crippen LogP contribution in [0.1, 0.15) is 18.3 Å². The fourth-order valence-electron chi connectivity index (χ4n) is 1.38. The third kappa shape index (κ3) is 0.897. The Kier molecular flexibility index (Phi) is 1.57. The Morgan fingerprint density at radius 3 is 3.00 bits per heavy atom. The van der Waals surface area contributed by atoms with Crippen molar-refractivity contribution in [3.8, 4) is 0 Å².